The molecule has 0 heterocycles. The highest BCUT2D eigenvalue weighted by atomic mass is 31.2. The predicted molar refractivity (Wildman–Crippen MR) is 284 cm³/mol. The number of likely N-dealkylation sites (N-methyl/N-ethyl adjacent to an activating group) is 1. The Morgan fingerprint density at radius 1 is 0.478 bits per heavy atom. The summed E-state index contributed by atoms with van der Waals surface area (Å²) in [5, 5.41) is 0. The average molecular weight is 957 g/mol. The van der Waals surface area contributed by atoms with Crippen molar-refractivity contribution in [3.63, 3.8) is 0 Å². The lowest BCUT2D eigenvalue weighted by molar-refractivity contribution is -0.870. The number of rotatable bonds is 47. The quantitative estimate of drug-likeness (QED) is 0.0211. The van der Waals surface area contributed by atoms with Crippen LogP contribution in [0.2, 0.25) is 0 Å². The van der Waals surface area contributed by atoms with Crippen LogP contribution in [0.3, 0.4) is 0 Å². The van der Waals surface area contributed by atoms with E-state index in [0.717, 1.165) is 116 Å². The Morgan fingerprint density at radius 2 is 0.851 bits per heavy atom. The second-order valence-electron chi connectivity index (χ2n) is 18.5. The molecule has 1 N–H and O–H groups in total. The van der Waals surface area contributed by atoms with Gasteiger partial charge >= 0.3 is 19.8 Å². The molecule has 0 aromatic rings. The van der Waals surface area contributed by atoms with Gasteiger partial charge in [-0.1, -0.05) is 195 Å². The molecule has 0 rings (SSSR count). The van der Waals surface area contributed by atoms with Crippen LogP contribution >= 0.6 is 7.82 Å². The van der Waals surface area contributed by atoms with Gasteiger partial charge in [-0.3, -0.25) is 18.6 Å². The van der Waals surface area contributed by atoms with Crippen molar-refractivity contribution in [1.29, 1.82) is 0 Å². The maximum Gasteiger partial charge on any atom is 0.472 e. The van der Waals surface area contributed by atoms with E-state index in [4.69, 9.17) is 18.5 Å². The van der Waals surface area contributed by atoms with Crippen LogP contribution in [-0.4, -0.2) is 74.9 Å². The summed E-state index contributed by atoms with van der Waals surface area (Å²) in [7, 11) is 1.45. The highest BCUT2D eigenvalue weighted by Gasteiger charge is 2.27. The number of ether oxygens (including phenoxy) is 2. The molecule has 0 aromatic heterocycles. The molecule has 384 valence electrons. The van der Waals surface area contributed by atoms with Crippen LogP contribution in [0.5, 0.6) is 0 Å². The lowest BCUT2D eigenvalue weighted by Gasteiger charge is -2.24. The largest absolute Gasteiger partial charge is 0.472 e. The zero-order valence-electron chi connectivity index (χ0n) is 43.3. The lowest BCUT2D eigenvalue weighted by Crippen LogP contribution is -2.37. The van der Waals surface area contributed by atoms with E-state index in [1.807, 2.05) is 21.1 Å². The Bertz CT molecular complexity index is 1450. The third-order valence-electron chi connectivity index (χ3n) is 10.8. The molecule has 0 aliphatic heterocycles. The van der Waals surface area contributed by atoms with Crippen molar-refractivity contribution in [2.45, 2.75) is 206 Å². The summed E-state index contributed by atoms with van der Waals surface area (Å²) < 4.78 is 34.4. The van der Waals surface area contributed by atoms with Gasteiger partial charge in [0.2, 0.25) is 0 Å². The second-order valence-corrected chi connectivity index (χ2v) is 20.0. The van der Waals surface area contributed by atoms with Crippen LogP contribution in [0.1, 0.15) is 200 Å². The topological polar surface area (TPSA) is 108 Å². The zero-order chi connectivity index (χ0) is 49.2. The van der Waals surface area contributed by atoms with Crippen molar-refractivity contribution in [2.24, 2.45) is 0 Å². The summed E-state index contributed by atoms with van der Waals surface area (Å²) in [5.41, 5.74) is 0. The minimum absolute atomic E-state index is 0.0237. The van der Waals surface area contributed by atoms with Crippen LogP contribution in [0, 0.1) is 0 Å². The molecule has 0 spiro atoms. The average Bonchev–Trinajstić information content (AvgIpc) is 3.29. The summed E-state index contributed by atoms with van der Waals surface area (Å²) in [5.74, 6) is -0.825. The van der Waals surface area contributed by atoms with E-state index in [1.54, 1.807) is 0 Å². The number of hydrogen-bond acceptors (Lipinski definition) is 7. The number of quaternary nitrogens is 1. The molecule has 2 atom stereocenters. The summed E-state index contributed by atoms with van der Waals surface area (Å²) >= 11 is 0. The molecule has 0 saturated carbocycles. The molecule has 0 fully saturated rings. The minimum Gasteiger partial charge on any atom is -0.462 e. The first-order chi connectivity index (χ1) is 32.5. The maximum absolute atomic E-state index is 12.8. The highest BCUT2D eigenvalue weighted by Crippen LogP contribution is 2.43. The van der Waals surface area contributed by atoms with Crippen molar-refractivity contribution >= 4 is 19.8 Å². The molecule has 9 nitrogen and oxygen atoms in total. The first-order valence-corrected chi connectivity index (χ1v) is 28.0. The van der Waals surface area contributed by atoms with Crippen LogP contribution in [0.15, 0.2) is 97.2 Å². The smallest absolute Gasteiger partial charge is 0.462 e. The van der Waals surface area contributed by atoms with Gasteiger partial charge in [-0.05, 0) is 89.9 Å². The van der Waals surface area contributed by atoms with Crippen molar-refractivity contribution in [2.75, 3.05) is 47.5 Å². The zero-order valence-corrected chi connectivity index (χ0v) is 44.2. The highest BCUT2D eigenvalue weighted by molar-refractivity contribution is 7.47. The number of allylic oxidation sites excluding steroid dienone is 16. The van der Waals surface area contributed by atoms with E-state index in [9.17, 15) is 19.0 Å². The summed E-state index contributed by atoms with van der Waals surface area (Å²) in [6.07, 6.45) is 64.6. The van der Waals surface area contributed by atoms with E-state index in [0.29, 0.717) is 17.4 Å². The van der Waals surface area contributed by atoms with Gasteiger partial charge < -0.3 is 18.9 Å². The SMILES string of the molecule is CC/C=C\C/C=C\C/C=C\C/C=C\C/C=C\C/C=C\CCCCCCCCCCCCC(=O)OC(COC(=O)CCCCCCC/C=C\C/C=C\CCCC)COP(=O)(O)OCC[N+](C)(C)C. The van der Waals surface area contributed by atoms with Crippen molar-refractivity contribution < 1.29 is 42.1 Å². The lowest BCUT2D eigenvalue weighted by atomic mass is 10.0. The van der Waals surface area contributed by atoms with Crippen molar-refractivity contribution in [1.82, 2.24) is 0 Å². The fourth-order valence-electron chi connectivity index (χ4n) is 6.74. The van der Waals surface area contributed by atoms with Gasteiger partial charge in [0.15, 0.2) is 6.10 Å². The van der Waals surface area contributed by atoms with Gasteiger partial charge in [0.25, 0.3) is 0 Å². The fraction of sp³-hybridized carbons (Fsp3) is 0.684. The van der Waals surface area contributed by atoms with E-state index < -0.39 is 26.5 Å². The van der Waals surface area contributed by atoms with E-state index in [-0.39, 0.29) is 32.0 Å². The van der Waals surface area contributed by atoms with Gasteiger partial charge in [-0.2, -0.15) is 0 Å². The molecule has 10 heteroatoms. The Labute approximate surface area is 411 Å². The molecule has 0 saturated heterocycles. The third kappa shape index (κ3) is 52.2. The molecule has 0 amide bonds. The number of carbonyl (C=O) groups excluding carboxylic acids is 2. The number of unbranched alkanes of at least 4 members (excludes halogenated alkanes) is 17. The number of nitrogens with zero attached hydrogens (tertiary/aromatic N) is 1. The molecule has 67 heavy (non-hydrogen) atoms. The van der Waals surface area contributed by atoms with Gasteiger partial charge in [0.1, 0.15) is 19.8 Å². The number of phosphoric ester groups is 1. The molecule has 0 aliphatic carbocycles. The molecule has 0 aromatic carbocycles. The van der Waals surface area contributed by atoms with Crippen molar-refractivity contribution in [3.8, 4) is 0 Å². The van der Waals surface area contributed by atoms with Crippen LogP contribution in [-0.2, 0) is 32.7 Å². The minimum atomic E-state index is -4.39. The molecule has 0 bridgehead atoms. The third-order valence-corrected chi connectivity index (χ3v) is 11.8. The summed E-state index contributed by atoms with van der Waals surface area (Å²) in [4.78, 5) is 35.5. The van der Waals surface area contributed by atoms with Gasteiger partial charge in [0, 0.05) is 12.8 Å². The number of esters is 2. The number of hydrogen-bond donors (Lipinski definition) is 1. The van der Waals surface area contributed by atoms with E-state index in [1.165, 1.54) is 51.4 Å². The first-order valence-electron chi connectivity index (χ1n) is 26.5. The molecular formula is C57H99NO8P+. The van der Waals surface area contributed by atoms with Gasteiger partial charge in [0.05, 0.1) is 27.7 Å². The Hall–Kier alpha value is -3.07. The Kier molecular flexibility index (Phi) is 45.8. The summed E-state index contributed by atoms with van der Waals surface area (Å²) in [6.45, 7) is 4.24. The Balaban J connectivity index is 4.21. The number of carbonyl (C=O) groups is 2. The monoisotopic (exact) mass is 957 g/mol. The summed E-state index contributed by atoms with van der Waals surface area (Å²) in [6, 6.07) is 0. The Morgan fingerprint density at radius 3 is 1.27 bits per heavy atom. The number of phosphoric acid groups is 1. The molecule has 2 unspecified atom stereocenters. The second kappa shape index (κ2) is 48.0. The first kappa shape index (κ1) is 63.9. The fourth-order valence-corrected chi connectivity index (χ4v) is 7.48. The molecular weight excluding hydrogens is 858 g/mol. The normalized spacial score (nSPS) is 14.2. The molecule has 0 radical (unpaired) electrons. The van der Waals surface area contributed by atoms with Crippen molar-refractivity contribution in [3.05, 3.63) is 97.2 Å². The van der Waals surface area contributed by atoms with Crippen LogP contribution < -0.4 is 0 Å². The van der Waals surface area contributed by atoms with E-state index in [2.05, 4.69) is 111 Å². The standard InChI is InChI=1S/C57H98NO8P/c1-6-8-10-12-14-16-18-20-22-23-24-25-26-27-28-29-30-31-32-33-34-35-36-38-40-42-44-46-48-50-57(60)66-55(54-65-67(61,62)64-52-51-58(3,4)5)53-63-56(59)49-47-45-43-41-39-37-21-19-17-15-13-11-9-7-2/h8,10,13-16,19-22,24-25,27-28,30-31,55H,6-7,9,11-12,17-18,23,26,29,32-54H2,1-5H3/p+1/b10-8-,15-13-,16-14-,21-19-,22-20-,25-24-,28-27-,31-30-. The van der Waals surface area contributed by atoms with Crippen LogP contribution in [0.4, 0.5) is 0 Å². The van der Waals surface area contributed by atoms with Gasteiger partial charge in [-0.25, -0.2) is 4.57 Å². The predicted octanol–water partition coefficient (Wildman–Crippen LogP) is 16.1. The van der Waals surface area contributed by atoms with E-state index >= 15 is 0 Å². The van der Waals surface area contributed by atoms with Gasteiger partial charge in [-0.15, -0.1) is 0 Å². The molecule has 0 aliphatic rings. The van der Waals surface area contributed by atoms with Crippen LogP contribution in [0.25, 0.3) is 0 Å². The maximum atomic E-state index is 12.8.